The minimum atomic E-state index is 0.640. The van der Waals surface area contributed by atoms with Gasteiger partial charge in [0.1, 0.15) is 17.8 Å². The maximum absolute atomic E-state index is 10.5. The molecular weight excluding hydrogens is 280 g/mol. The van der Waals surface area contributed by atoms with E-state index in [1.807, 2.05) is 36.4 Å². The first-order chi connectivity index (χ1) is 8.19. The Morgan fingerprint density at radius 2 is 1.88 bits per heavy atom. The summed E-state index contributed by atoms with van der Waals surface area (Å²) in [6, 6.07) is 11.6. The van der Waals surface area contributed by atoms with Crippen molar-refractivity contribution in [1.29, 1.82) is 0 Å². The number of carbonyl (C=O) groups is 1. The predicted molar refractivity (Wildman–Crippen MR) is 71.6 cm³/mol. The molecular formula is C14H11BrO2. The van der Waals surface area contributed by atoms with Crippen LogP contribution in [0.5, 0.6) is 0 Å². The molecule has 0 fully saturated rings. The summed E-state index contributed by atoms with van der Waals surface area (Å²) in [6.45, 7) is 1.74. The van der Waals surface area contributed by atoms with Crippen LogP contribution >= 0.6 is 15.9 Å². The van der Waals surface area contributed by atoms with Crippen LogP contribution in [0.1, 0.15) is 12.7 Å². The van der Waals surface area contributed by atoms with E-state index in [9.17, 15) is 4.79 Å². The molecule has 0 aliphatic heterocycles. The standard InChI is InChI=1S/C14H11BrO2/c1-10(9-16)8-13-6-7-14(17-13)11-2-4-12(15)5-3-11/h2-9H,1H3/b10-8+. The molecule has 3 heteroatoms. The average Bonchev–Trinajstić information content (AvgIpc) is 2.78. The first-order valence-electron chi connectivity index (χ1n) is 5.18. The number of benzene rings is 1. The highest BCUT2D eigenvalue weighted by Gasteiger charge is 2.03. The van der Waals surface area contributed by atoms with Crippen molar-refractivity contribution in [2.45, 2.75) is 6.92 Å². The lowest BCUT2D eigenvalue weighted by molar-refractivity contribution is -0.104. The molecule has 0 unspecified atom stereocenters. The number of halogens is 1. The van der Waals surface area contributed by atoms with Crippen LogP contribution in [0.25, 0.3) is 17.4 Å². The predicted octanol–water partition coefficient (Wildman–Crippen LogP) is 4.31. The van der Waals surface area contributed by atoms with E-state index in [1.54, 1.807) is 13.0 Å². The molecule has 86 valence electrons. The summed E-state index contributed by atoms with van der Waals surface area (Å²) < 4.78 is 6.66. The minimum absolute atomic E-state index is 0.640. The van der Waals surface area contributed by atoms with Gasteiger partial charge in [0.05, 0.1) is 0 Å². The van der Waals surface area contributed by atoms with Crippen molar-refractivity contribution in [3.8, 4) is 11.3 Å². The van der Waals surface area contributed by atoms with Crippen molar-refractivity contribution in [2.24, 2.45) is 0 Å². The molecule has 0 spiro atoms. The third-order valence-corrected chi connectivity index (χ3v) is 2.84. The van der Waals surface area contributed by atoms with Gasteiger partial charge in [-0.25, -0.2) is 0 Å². The van der Waals surface area contributed by atoms with E-state index in [0.717, 1.165) is 22.1 Å². The van der Waals surface area contributed by atoms with Crippen molar-refractivity contribution >= 4 is 28.3 Å². The Kier molecular flexibility index (Phi) is 3.59. The number of hydrogen-bond donors (Lipinski definition) is 0. The van der Waals surface area contributed by atoms with Gasteiger partial charge in [0.2, 0.25) is 0 Å². The van der Waals surface area contributed by atoms with E-state index < -0.39 is 0 Å². The Labute approximate surface area is 108 Å². The molecule has 1 aromatic carbocycles. The van der Waals surface area contributed by atoms with Gasteiger partial charge in [-0.2, -0.15) is 0 Å². The fourth-order valence-corrected chi connectivity index (χ4v) is 1.72. The molecule has 0 aliphatic carbocycles. The molecule has 2 rings (SSSR count). The van der Waals surface area contributed by atoms with Crippen molar-refractivity contribution in [3.63, 3.8) is 0 Å². The van der Waals surface area contributed by atoms with Gasteiger partial charge in [-0.3, -0.25) is 4.79 Å². The van der Waals surface area contributed by atoms with Crippen LogP contribution in [0.2, 0.25) is 0 Å². The third-order valence-electron chi connectivity index (χ3n) is 2.31. The Bertz CT molecular complexity index is 550. The SMILES string of the molecule is C/C(C=O)=C\c1ccc(-c2ccc(Br)cc2)o1. The third kappa shape index (κ3) is 2.94. The molecule has 0 bridgehead atoms. The second-order valence-electron chi connectivity index (χ2n) is 3.72. The van der Waals surface area contributed by atoms with Crippen molar-refractivity contribution in [2.75, 3.05) is 0 Å². The molecule has 0 radical (unpaired) electrons. The highest BCUT2D eigenvalue weighted by molar-refractivity contribution is 9.10. The number of aldehydes is 1. The number of hydrogen-bond acceptors (Lipinski definition) is 2. The molecule has 0 aliphatic rings. The Hall–Kier alpha value is -1.61. The first-order valence-corrected chi connectivity index (χ1v) is 5.97. The molecule has 0 N–H and O–H groups in total. The van der Waals surface area contributed by atoms with Crippen molar-refractivity contribution < 1.29 is 9.21 Å². The largest absolute Gasteiger partial charge is 0.457 e. The van der Waals surface area contributed by atoms with Gasteiger partial charge in [-0.1, -0.05) is 28.1 Å². The molecule has 2 aromatic rings. The maximum Gasteiger partial charge on any atom is 0.145 e. The van der Waals surface area contributed by atoms with Gasteiger partial charge in [0.25, 0.3) is 0 Å². The quantitative estimate of drug-likeness (QED) is 0.623. The van der Waals surface area contributed by atoms with Crippen LogP contribution in [-0.2, 0) is 4.79 Å². The lowest BCUT2D eigenvalue weighted by atomic mass is 10.2. The molecule has 17 heavy (non-hydrogen) atoms. The molecule has 0 saturated carbocycles. The van der Waals surface area contributed by atoms with E-state index in [1.165, 1.54) is 0 Å². The summed E-state index contributed by atoms with van der Waals surface area (Å²) in [7, 11) is 0. The van der Waals surface area contributed by atoms with Crippen LogP contribution < -0.4 is 0 Å². The fraction of sp³-hybridized carbons (Fsp3) is 0.0714. The van der Waals surface area contributed by atoms with Crippen LogP contribution in [0.15, 0.2) is 50.9 Å². The average molecular weight is 291 g/mol. The summed E-state index contributed by atoms with van der Waals surface area (Å²) >= 11 is 3.39. The first kappa shape index (κ1) is 11.9. The molecule has 2 nitrogen and oxygen atoms in total. The zero-order valence-corrected chi connectivity index (χ0v) is 10.9. The van der Waals surface area contributed by atoms with Gasteiger partial charge in [-0.05, 0) is 42.8 Å². The van der Waals surface area contributed by atoms with Crippen LogP contribution in [0, 0.1) is 0 Å². The number of allylic oxidation sites excluding steroid dienone is 1. The highest BCUT2D eigenvalue weighted by atomic mass is 79.9. The van der Waals surface area contributed by atoms with E-state index in [2.05, 4.69) is 15.9 Å². The van der Waals surface area contributed by atoms with Crippen molar-refractivity contribution in [1.82, 2.24) is 0 Å². The van der Waals surface area contributed by atoms with Gasteiger partial charge in [0.15, 0.2) is 0 Å². The van der Waals surface area contributed by atoms with Gasteiger partial charge in [-0.15, -0.1) is 0 Å². The smallest absolute Gasteiger partial charge is 0.145 e. The van der Waals surface area contributed by atoms with Crippen LogP contribution in [-0.4, -0.2) is 6.29 Å². The summed E-state index contributed by atoms with van der Waals surface area (Å²) in [6.07, 6.45) is 2.52. The maximum atomic E-state index is 10.5. The van der Waals surface area contributed by atoms with Gasteiger partial charge in [0, 0.05) is 10.0 Å². The summed E-state index contributed by atoms with van der Waals surface area (Å²) in [5, 5.41) is 0. The summed E-state index contributed by atoms with van der Waals surface area (Å²) in [5.74, 6) is 1.48. The lowest BCUT2D eigenvalue weighted by Crippen LogP contribution is -1.75. The second-order valence-corrected chi connectivity index (χ2v) is 4.63. The number of furan rings is 1. The van der Waals surface area contributed by atoms with Crippen LogP contribution in [0.4, 0.5) is 0 Å². The summed E-state index contributed by atoms with van der Waals surface area (Å²) in [5.41, 5.74) is 1.65. The van der Waals surface area contributed by atoms with E-state index >= 15 is 0 Å². The topological polar surface area (TPSA) is 30.2 Å². The highest BCUT2D eigenvalue weighted by Crippen LogP contribution is 2.24. The Morgan fingerprint density at radius 1 is 1.18 bits per heavy atom. The van der Waals surface area contributed by atoms with E-state index in [-0.39, 0.29) is 0 Å². The molecule has 1 aromatic heterocycles. The molecule has 0 atom stereocenters. The zero-order chi connectivity index (χ0) is 12.3. The number of carbonyl (C=O) groups excluding carboxylic acids is 1. The van der Waals surface area contributed by atoms with E-state index in [0.29, 0.717) is 11.3 Å². The monoisotopic (exact) mass is 290 g/mol. The second kappa shape index (κ2) is 5.15. The van der Waals surface area contributed by atoms with Gasteiger partial charge < -0.3 is 4.42 Å². The zero-order valence-electron chi connectivity index (χ0n) is 9.31. The fourth-order valence-electron chi connectivity index (χ4n) is 1.46. The number of rotatable bonds is 3. The Morgan fingerprint density at radius 3 is 2.53 bits per heavy atom. The summed E-state index contributed by atoms with van der Waals surface area (Å²) in [4.78, 5) is 10.5. The molecule has 1 heterocycles. The van der Waals surface area contributed by atoms with Gasteiger partial charge >= 0.3 is 0 Å². The van der Waals surface area contributed by atoms with Crippen LogP contribution in [0.3, 0.4) is 0 Å². The van der Waals surface area contributed by atoms with Crippen molar-refractivity contribution in [3.05, 3.63) is 52.2 Å². The lowest BCUT2D eigenvalue weighted by Gasteiger charge is -1.96. The molecule has 0 saturated heterocycles. The molecule has 0 amide bonds. The minimum Gasteiger partial charge on any atom is -0.457 e. The normalized spacial score (nSPS) is 11.5. The van der Waals surface area contributed by atoms with E-state index in [4.69, 9.17) is 4.42 Å². The Balaban J connectivity index is 2.29.